The molecule has 0 unspecified atom stereocenters. The Hall–Kier alpha value is -0.830. The predicted octanol–water partition coefficient (Wildman–Crippen LogP) is 2.46. The molecule has 1 rings (SSSR count). The van der Waals surface area contributed by atoms with Gasteiger partial charge in [0.1, 0.15) is 0 Å². The fourth-order valence-electron chi connectivity index (χ4n) is 1.04. The molecular weight excluding hydrogens is 168 g/mol. The monoisotopic (exact) mass is 182 g/mol. The maximum atomic E-state index is 5.34. The van der Waals surface area contributed by atoms with Crippen LogP contribution < -0.4 is 5.84 Å². The lowest BCUT2D eigenvalue weighted by Crippen LogP contribution is -2.21. The lowest BCUT2D eigenvalue weighted by atomic mass is 9.89. The molecule has 2 nitrogen and oxygen atoms in total. The van der Waals surface area contributed by atoms with Gasteiger partial charge in [0.05, 0.1) is 10.6 Å². The number of thiophene rings is 1. The summed E-state index contributed by atoms with van der Waals surface area (Å²) >= 11 is 1.67. The van der Waals surface area contributed by atoms with Crippen LogP contribution in [-0.4, -0.2) is 5.71 Å². The van der Waals surface area contributed by atoms with Crippen LogP contribution in [0, 0.1) is 5.41 Å². The van der Waals surface area contributed by atoms with Gasteiger partial charge in [-0.2, -0.15) is 5.10 Å². The Kier molecular flexibility index (Phi) is 2.52. The highest BCUT2D eigenvalue weighted by Crippen LogP contribution is 2.24. The number of hydrogen-bond donors (Lipinski definition) is 1. The SMILES string of the molecule is CC(C)(C)C(=NN)c1cccs1. The van der Waals surface area contributed by atoms with Gasteiger partial charge in [0.25, 0.3) is 0 Å². The summed E-state index contributed by atoms with van der Waals surface area (Å²) in [5.41, 5.74) is 0.997. The van der Waals surface area contributed by atoms with Gasteiger partial charge in [0, 0.05) is 5.41 Å². The van der Waals surface area contributed by atoms with Crippen molar-refractivity contribution in [2.75, 3.05) is 0 Å². The van der Waals surface area contributed by atoms with Gasteiger partial charge in [0.15, 0.2) is 0 Å². The molecule has 2 N–H and O–H groups in total. The first-order valence-electron chi connectivity index (χ1n) is 3.88. The largest absolute Gasteiger partial charge is 0.323 e. The molecule has 1 heterocycles. The maximum Gasteiger partial charge on any atom is 0.0825 e. The van der Waals surface area contributed by atoms with E-state index in [-0.39, 0.29) is 5.41 Å². The Morgan fingerprint density at radius 3 is 2.50 bits per heavy atom. The zero-order chi connectivity index (χ0) is 9.19. The van der Waals surface area contributed by atoms with E-state index in [1.165, 1.54) is 0 Å². The Balaban J connectivity index is 3.01. The molecule has 0 aliphatic rings. The number of nitrogens with zero attached hydrogens (tertiary/aromatic N) is 1. The highest BCUT2D eigenvalue weighted by atomic mass is 32.1. The van der Waals surface area contributed by atoms with Crippen molar-refractivity contribution in [2.24, 2.45) is 16.4 Å². The first-order chi connectivity index (χ1) is 5.55. The fraction of sp³-hybridized carbons (Fsp3) is 0.444. The second-order valence-electron chi connectivity index (χ2n) is 3.71. The van der Waals surface area contributed by atoms with Crippen LogP contribution in [-0.2, 0) is 0 Å². The molecule has 0 fully saturated rings. The minimum absolute atomic E-state index is 0.0274. The van der Waals surface area contributed by atoms with E-state index in [0.717, 1.165) is 10.6 Å². The molecule has 0 spiro atoms. The van der Waals surface area contributed by atoms with Gasteiger partial charge in [-0.3, -0.25) is 0 Å². The van der Waals surface area contributed by atoms with E-state index in [9.17, 15) is 0 Å². The molecule has 0 aliphatic carbocycles. The number of hydrazone groups is 1. The van der Waals surface area contributed by atoms with E-state index in [1.54, 1.807) is 11.3 Å². The Labute approximate surface area is 77.1 Å². The van der Waals surface area contributed by atoms with Crippen LogP contribution >= 0.6 is 11.3 Å². The van der Waals surface area contributed by atoms with Crippen molar-refractivity contribution in [3.63, 3.8) is 0 Å². The van der Waals surface area contributed by atoms with Crippen molar-refractivity contribution in [1.29, 1.82) is 0 Å². The number of rotatable bonds is 1. The third-order valence-electron chi connectivity index (χ3n) is 1.59. The van der Waals surface area contributed by atoms with E-state index < -0.39 is 0 Å². The smallest absolute Gasteiger partial charge is 0.0825 e. The van der Waals surface area contributed by atoms with Crippen molar-refractivity contribution >= 4 is 17.0 Å². The summed E-state index contributed by atoms with van der Waals surface area (Å²) in [4.78, 5) is 1.16. The lowest BCUT2D eigenvalue weighted by molar-refractivity contribution is 0.591. The topological polar surface area (TPSA) is 38.4 Å². The number of hydrogen-bond acceptors (Lipinski definition) is 3. The molecule has 1 aromatic heterocycles. The van der Waals surface area contributed by atoms with Crippen LogP contribution in [0.2, 0.25) is 0 Å². The van der Waals surface area contributed by atoms with E-state index >= 15 is 0 Å². The van der Waals surface area contributed by atoms with Gasteiger partial charge >= 0.3 is 0 Å². The molecule has 66 valence electrons. The van der Waals surface area contributed by atoms with Crippen molar-refractivity contribution in [3.8, 4) is 0 Å². The average molecular weight is 182 g/mol. The Morgan fingerprint density at radius 2 is 2.17 bits per heavy atom. The van der Waals surface area contributed by atoms with Crippen LogP contribution in [0.25, 0.3) is 0 Å². The van der Waals surface area contributed by atoms with Gasteiger partial charge in [-0.05, 0) is 11.4 Å². The molecule has 1 aromatic rings. The molecule has 0 saturated heterocycles. The molecule has 0 aromatic carbocycles. The second-order valence-corrected chi connectivity index (χ2v) is 4.65. The van der Waals surface area contributed by atoms with Crippen molar-refractivity contribution in [1.82, 2.24) is 0 Å². The predicted molar refractivity (Wildman–Crippen MR) is 54.5 cm³/mol. The lowest BCUT2D eigenvalue weighted by Gasteiger charge is -2.18. The second kappa shape index (κ2) is 3.27. The molecular formula is C9H14N2S. The maximum absolute atomic E-state index is 5.34. The molecule has 0 radical (unpaired) electrons. The van der Waals surface area contributed by atoms with Crippen molar-refractivity contribution in [2.45, 2.75) is 20.8 Å². The standard InChI is InChI=1S/C9H14N2S/c1-9(2,3)8(11-10)7-5-4-6-12-7/h4-6H,10H2,1-3H3. The normalized spacial score (nSPS) is 13.4. The van der Waals surface area contributed by atoms with Crippen LogP contribution in [0.5, 0.6) is 0 Å². The third-order valence-corrected chi connectivity index (χ3v) is 2.47. The van der Waals surface area contributed by atoms with Gasteiger partial charge in [-0.25, -0.2) is 0 Å². The highest BCUT2D eigenvalue weighted by molar-refractivity contribution is 7.12. The summed E-state index contributed by atoms with van der Waals surface area (Å²) in [5, 5.41) is 5.86. The summed E-state index contributed by atoms with van der Waals surface area (Å²) in [6.07, 6.45) is 0. The van der Waals surface area contributed by atoms with Gasteiger partial charge in [0.2, 0.25) is 0 Å². The van der Waals surface area contributed by atoms with Crippen LogP contribution in [0.15, 0.2) is 22.6 Å². The van der Waals surface area contributed by atoms with Gasteiger partial charge in [-0.15, -0.1) is 11.3 Å². The van der Waals surface area contributed by atoms with Gasteiger partial charge in [-0.1, -0.05) is 26.8 Å². The minimum atomic E-state index is 0.0274. The summed E-state index contributed by atoms with van der Waals surface area (Å²) < 4.78 is 0. The summed E-state index contributed by atoms with van der Waals surface area (Å²) in [6.45, 7) is 6.33. The summed E-state index contributed by atoms with van der Waals surface area (Å²) in [6, 6.07) is 4.05. The summed E-state index contributed by atoms with van der Waals surface area (Å²) in [5.74, 6) is 5.34. The molecule has 0 aliphatic heterocycles. The zero-order valence-corrected chi connectivity index (χ0v) is 8.48. The molecule has 0 saturated carbocycles. The van der Waals surface area contributed by atoms with Crippen molar-refractivity contribution in [3.05, 3.63) is 22.4 Å². The quantitative estimate of drug-likeness (QED) is 0.404. The van der Waals surface area contributed by atoms with E-state index in [2.05, 4.69) is 25.9 Å². The van der Waals surface area contributed by atoms with Crippen LogP contribution in [0.3, 0.4) is 0 Å². The molecule has 12 heavy (non-hydrogen) atoms. The van der Waals surface area contributed by atoms with Crippen molar-refractivity contribution < 1.29 is 0 Å². The van der Waals surface area contributed by atoms with E-state index in [0.29, 0.717) is 0 Å². The average Bonchev–Trinajstić information content (AvgIpc) is 2.38. The van der Waals surface area contributed by atoms with E-state index in [4.69, 9.17) is 5.84 Å². The Bertz CT molecular complexity index is 267. The minimum Gasteiger partial charge on any atom is -0.323 e. The van der Waals surface area contributed by atoms with E-state index in [1.807, 2.05) is 17.5 Å². The fourth-order valence-corrected chi connectivity index (χ4v) is 1.97. The van der Waals surface area contributed by atoms with Crippen LogP contribution in [0.1, 0.15) is 25.6 Å². The molecule has 3 heteroatoms. The van der Waals surface area contributed by atoms with Crippen LogP contribution in [0.4, 0.5) is 0 Å². The first-order valence-corrected chi connectivity index (χ1v) is 4.76. The third kappa shape index (κ3) is 1.85. The number of nitrogens with two attached hydrogens (primary N) is 1. The zero-order valence-electron chi connectivity index (χ0n) is 7.66. The highest BCUT2D eigenvalue weighted by Gasteiger charge is 2.21. The molecule has 0 amide bonds. The summed E-state index contributed by atoms with van der Waals surface area (Å²) in [7, 11) is 0. The molecule has 0 atom stereocenters. The first kappa shape index (κ1) is 9.26. The van der Waals surface area contributed by atoms with Gasteiger partial charge < -0.3 is 5.84 Å². The molecule has 0 bridgehead atoms. The Morgan fingerprint density at radius 1 is 1.50 bits per heavy atom.